The van der Waals surface area contributed by atoms with E-state index in [1.807, 2.05) is 26.2 Å². The minimum Gasteiger partial charge on any atom is -0.370 e. The summed E-state index contributed by atoms with van der Waals surface area (Å²) in [5, 5.41) is 8.25. The van der Waals surface area contributed by atoms with Gasteiger partial charge in [0.1, 0.15) is 17.5 Å². The number of thiazole rings is 1. The molecule has 0 aliphatic rings. The fourth-order valence-electron chi connectivity index (χ4n) is 1.72. The van der Waals surface area contributed by atoms with Crippen molar-refractivity contribution >= 4 is 23.0 Å². The summed E-state index contributed by atoms with van der Waals surface area (Å²) in [6.07, 6.45) is 0. The van der Waals surface area contributed by atoms with Crippen molar-refractivity contribution < 1.29 is 0 Å². The second kappa shape index (κ2) is 5.83. The minimum absolute atomic E-state index is 0.0410. The number of aromatic nitrogens is 3. The molecule has 0 radical (unpaired) electrons. The number of H-pyrrole nitrogens is 1. The van der Waals surface area contributed by atoms with Crippen molar-refractivity contribution in [2.24, 2.45) is 0 Å². The van der Waals surface area contributed by atoms with Crippen LogP contribution in [0.4, 0.5) is 11.6 Å². The maximum absolute atomic E-state index is 11.1. The number of hydrogen-bond acceptors (Lipinski definition) is 6. The lowest BCUT2D eigenvalue weighted by atomic mass is 10.3. The first-order chi connectivity index (χ1) is 9.10. The van der Waals surface area contributed by atoms with E-state index in [1.54, 1.807) is 0 Å². The normalized spacial score (nSPS) is 10.5. The molecule has 0 aliphatic carbocycles. The summed E-state index contributed by atoms with van der Waals surface area (Å²) in [6.45, 7) is 7.21. The highest BCUT2D eigenvalue weighted by Gasteiger charge is 2.08. The third-order valence-electron chi connectivity index (χ3n) is 2.62. The summed E-state index contributed by atoms with van der Waals surface area (Å²) in [5.74, 6) is 2.34. The van der Waals surface area contributed by atoms with Gasteiger partial charge in [-0.2, -0.15) is 0 Å². The Morgan fingerprint density at radius 1 is 1.26 bits per heavy atom. The van der Waals surface area contributed by atoms with Crippen LogP contribution in [-0.2, 0) is 6.54 Å². The van der Waals surface area contributed by atoms with E-state index in [9.17, 15) is 4.79 Å². The molecule has 0 aromatic carbocycles. The second-order valence-corrected chi connectivity index (χ2v) is 4.99. The van der Waals surface area contributed by atoms with Gasteiger partial charge in [-0.25, -0.2) is 9.97 Å². The predicted octanol–water partition coefficient (Wildman–Crippen LogP) is 1.89. The van der Waals surface area contributed by atoms with E-state index in [0.29, 0.717) is 12.4 Å². The zero-order chi connectivity index (χ0) is 13.8. The highest BCUT2D eigenvalue weighted by Crippen LogP contribution is 2.20. The third kappa shape index (κ3) is 3.31. The molecule has 0 atom stereocenters. The maximum atomic E-state index is 11.1. The zero-order valence-electron chi connectivity index (χ0n) is 11.2. The summed E-state index contributed by atoms with van der Waals surface area (Å²) in [6, 6.07) is 0. The largest absolute Gasteiger partial charge is 0.370 e. The Kier molecular flexibility index (Phi) is 4.16. The van der Waals surface area contributed by atoms with E-state index >= 15 is 0 Å². The summed E-state index contributed by atoms with van der Waals surface area (Å²) in [4.78, 5) is 22.5. The van der Waals surface area contributed by atoms with Gasteiger partial charge < -0.3 is 15.6 Å². The van der Waals surface area contributed by atoms with E-state index < -0.39 is 0 Å². The summed E-state index contributed by atoms with van der Waals surface area (Å²) >= 11 is 1.16. The van der Waals surface area contributed by atoms with Crippen molar-refractivity contribution in [1.29, 1.82) is 0 Å². The lowest BCUT2D eigenvalue weighted by Gasteiger charge is -2.13. The SMILES string of the molecule is CCNc1nc(C)nc(NCc2csc(=O)[nH]2)c1C. The van der Waals surface area contributed by atoms with Gasteiger partial charge in [0.15, 0.2) is 0 Å². The lowest BCUT2D eigenvalue weighted by Crippen LogP contribution is -2.10. The number of nitrogens with zero attached hydrogens (tertiary/aromatic N) is 2. The molecule has 0 fully saturated rings. The van der Waals surface area contributed by atoms with Gasteiger partial charge in [-0.3, -0.25) is 4.79 Å². The van der Waals surface area contributed by atoms with Crippen molar-refractivity contribution in [3.05, 3.63) is 32.1 Å². The molecular formula is C12H17N5OS. The van der Waals surface area contributed by atoms with Crippen LogP contribution in [0, 0.1) is 13.8 Å². The third-order valence-corrected chi connectivity index (χ3v) is 3.34. The van der Waals surface area contributed by atoms with Crippen LogP contribution in [0.1, 0.15) is 24.0 Å². The van der Waals surface area contributed by atoms with Crippen molar-refractivity contribution in [1.82, 2.24) is 15.0 Å². The Labute approximate surface area is 115 Å². The van der Waals surface area contributed by atoms with Gasteiger partial charge in [-0.05, 0) is 20.8 Å². The van der Waals surface area contributed by atoms with Gasteiger partial charge >= 0.3 is 4.87 Å². The smallest absolute Gasteiger partial charge is 0.304 e. The molecule has 0 amide bonds. The summed E-state index contributed by atoms with van der Waals surface area (Å²) in [5.41, 5.74) is 1.83. The molecule has 0 bridgehead atoms. The van der Waals surface area contributed by atoms with Crippen molar-refractivity contribution in [3.63, 3.8) is 0 Å². The molecule has 0 unspecified atom stereocenters. The van der Waals surface area contributed by atoms with Gasteiger partial charge in [0.05, 0.1) is 6.54 Å². The van der Waals surface area contributed by atoms with Crippen LogP contribution < -0.4 is 15.5 Å². The molecule has 6 nitrogen and oxygen atoms in total. The monoisotopic (exact) mass is 279 g/mol. The van der Waals surface area contributed by atoms with E-state index in [0.717, 1.165) is 40.8 Å². The molecule has 2 rings (SSSR count). The van der Waals surface area contributed by atoms with Crippen LogP contribution in [0.15, 0.2) is 10.2 Å². The molecule has 2 aromatic heterocycles. The number of rotatable bonds is 5. The van der Waals surface area contributed by atoms with Crippen LogP contribution in [0.2, 0.25) is 0 Å². The first-order valence-electron chi connectivity index (χ1n) is 6.09. The highest BCUT2D eigenvalue weighted by atomic mass is 32.1. The molecule has 7 heteroatoms. The molecule has 0 saturated carbocycles. The van der Waals surface area contributed by atoms with E-state index in [1.165, 1.54) is 0 Å². The maximum Gasteiger partial charge on any atom is 0.304 e. The van der Waals surface area contributed by atoms with Crippen molar-refractivity contribution in [2.75, 3.05) is 17.2 Å². The molecule has 2 heterocycles. The molecular weight excluding hydrogens is 262 g/mol. The number of aryl methyl sites for hydroxylation is 1. The lowest BCUT2D eigenvalue weighted by molar-refractivity contribution is 0.978. The first kappa shape index (κ1) is 13.5. The molecule has 2 aromatic rings. The molecule has 0 spiro atoms. The Balaban J connectivity index is 2.17. The Morgan fingerprint density at radius 2 is 1.95 bits per heavy atom. The fraction of sp³-hybridized carbons (Fsp3) is 0.417. The van der Waals surface area contributed by atoms with Crippen molar-refractivity contribution in [3.8, 4) is 0 Å². The summed E-state index contributed by atoms with van der Waals surface area (Å²) in [7, 11) is 0. The van der Waals surface area contributed by atoms with Crippen LogP contribution in [-0.4, -0.2) is 21.5 Å². The Hall–Kier alpha value is -1.89. The fourth-order valence-corrected chi connectivity index (χ4v) is 2.30. The van der Waals surface area contributed by atoms with Gasteiger partial charge in [0.2, 0.25) is 0 Å². The zero-order valence-corrected chi connectivity index (χ0v) is 12.0. The number of hydrogen-bond donors (Lipinski definition) is 3. The predicted molar refractivity (Wildman–Crippen MR) is 77.9 cm³/mol. The Morgan fingerprint density at radius 3 is 2.53 bits per heavy atom. The number of aromatic amines is 1. The standard InChI is InChI=1S/C12H17N5OS/c1-4-13-10-7(2)11(16-8(3)15-10)14-5-9-6-19-12(18)17-9/h6H,4-5H2,1-3H3,(H,17,18)(H2,13,14,15,16). The van der Waals surface area contributed by atoms with Crippen LogP contribution in [0.25, 0.3) is 0 Å². The average molecular weight is 279 g/mol. The molecule has 0 aliphatic heterocycles. The second-order valence-electron chi connectivity index (χ2n) is 4.15. The topological polar surface area (TPSA) is 82.7 Å². The van der Waals surface area contributed by atoms with Crippen LogP contribution in [0.3, 0.4) is 0 Å². The van der Waals surface area contributed by atoms with Gasteiger partial charge in [-0.1, -0.05) is 11.3 Å². The Bertz CT molecular complexity index is 619. The van der Waals surface area contributed by atoms with Gasteiger partial charge in [0, 0.05) is 23.2 Å². The number of nitrogens with one attached hydrogen (secondary N) is 3. The summed E-state index contributed by atoms with van der Waals surface area (Å²) < 4.78 is 0. The molecule has 3 N–H and O–H groups in total. The highest BCUT2D eigenvalue weighted by molar-refractivity contribution is 7.07. The van der Waals surface area contributed by atoms with E-state index in [-0.39, 0.29) is 4.87 Å². The van der Waals surface area contributed by atoms with Gasteiger partial charge in [-0.15, -0.1) is 0 Å². The van der Waals surface area contributed by atoms with Gasteiger partial charge in [0.25, 0.3) is 0 Å². The quantitative estimate of drug-likeness (QED) is 0.778. The number of anilines is 2. The van der Waals surface area contributed by atoms with Crippen LogP contribution >= 0.6 is 11.3 Å². The van der Waals surface area contributed by atoms with E-state index in [4.69, 9.17) is 0 Å². The first-order valence-corrected chi connectivity index (χ1v) is 6.97. The molecule has 19 heavy (non-hydrogen) atoms. The van der Waals surface area contributed by atoms with Crippen molar-refractivity contribution in [2.45, 2.75) is 27.3 Å². The average Bonchev–Trinajstić information content (AvgIpc) is 2.78. The molecule has 0 saturated heterocycles. The van der Waals surface area contributed by atoms with E-state index in [2.05, 4.69) is 25.6 Å². The van der Waals surface area contributed by atoms with Crippen LogP contribution in [0.5, 0.6) is 0 Å². The minimum atomic E-state index is -0.0410. The molecule has 102 valence electrons.